The first-order valence-corrected chi connectivity index (χ1v) is 11.4. The Hall–Kier alpha value is -3.03. The molecule has 0 spiro atoms. The van der Waals surface area contributed by atoms with Crippen LogP contribution < -0.4 is 16.8 Å². The third-order valence-corrected chi connectivity index (χ3v) is 6.00. The fourth-order valence-electron chi connectivity index (χ4n) is 2.22. The number of nitrogens with one attached hydrogen (secondary N) is 2. The highest BCUT2D eigenvalue weighted by Gasteiger charge is 2.24. The fraction of sp³-hybridized carbons (Fsp3) is 0.368. The number of alkyl carbamates (subject to hydrolysis) is 1. The summed E-state index contributed by atoms with van der Waals surface area (Å²) >= 11 is 2.32. The van der Waals surface area contributed by atoms with Gasteiger partial charge in [-0.3, -0.25) is 10.2 Å². The summed E-state index contributed by atoms with van der Waals surface area (Å²) in [7, 11) is 0. The maximum absolute atomic E-state index is 12.1. The van der Waals surface area contributed by atoms with Gasteiger partial charge in [0, 0.05) is 17.7 Å². The number of thioether (sulfide) groups is 1. The van der Waals surface area contributed by atoms with E-state index in [2.05, 4.69) is 15.5 Å². The lowest BCUT2D eigenvalue weighted by Gasteiger charge is -2.14. The monoisotopic (exact) mass is 480 g/mol. The number of aromatic nitrogens is 2. The summed E-state index contributed by atoms with van der Waals surface area (Å²) in [6.45, 7) is 1.92. The standard InChI is InChI=1S/C19H24N6O5S2/c1-2-3-8-29-18(28)23-13(9-20)17(27)30-14(26)10-31-19-25-24-16(32-19)12-6-4-11(5-7-12)15(21)22/h4-7,13H,2-3,8-10,20H2,1H3,(H3,21,22)(H,23,28). The summed E-state index contributed by atoms with van der Waals surface area (Å²) in [6, 6.07) is 5.76. The summed E-state index contributed by atoms with van der Waals surface area (Å²) < 4.78 is 10.2. The number of carbonyl (C=O) groups is 3. The van der Waals surface area contributed by atoms with E-state index < -0.39 is 24.1 Å². The summed E-state index contributed by atoms with van der Waals surface area (Å²) in [5.41, 5.74) is 12.3. The molecule has 1 unspecified atom stereocenters. The SMILES string of the molecule is CCCCOC(=O)NC(CN)C(=O)OC(=O)CSc1nnc(-c2ccc(C(=N)N)cc2)s1. The molecule has 0 bridgehead atoms. The second kappa shape index (κ2) is 12.7. The second-order valence-electron chi connectivity index (χ2n) is 6.37. The Balaban J connectivity index is 1.82. The molecule has 0 aliphatic rings. The Labute approximate surface area is 192 Å². The second-order valence-corrected chi connectivity index (χ2v) is 8.57. The van der Waals surface area contributed by atoms with Crippen LogP contribution in [-0.4, -0.2) is 59.0 Å². The van der Waals surface area contributed by atoms with Crippen LogP contribution in [0, 0.1) is 5.41 Å². The van der Waals surface area contributed by atoms with Crippen molar-refractivity contribution in [2.24, 2.45) is 11.5 Å². The van der Waals surface area contributed by atoms with Crippen molar-refractivity contribution in [3.8, 4) is 10.6 Å². The molecule has 1 atom stereocenters. The third kappa shape index (κ3) is 7.90. The highest BCUT2D eigenvalue weighted by Crippen LogP contribution is 2.29. The largest absolute Gasteiger partial charge is 0.450 e. The van der Waals surface area contributed by atoms with Crippen molar-refractivity contribution >= 4 is 47.0 Å². The molecular formula is C19H24N6O5S2. The van der Waals surface area contributed by atoms with E-state index in [4.69, 9.17) is 26.4 Å². The number of esters is 2. The number of rotatable bonds is 11. The molecule has 1 heterocycles. The molecule has 11 nitrogen and oxygen atoms in total. The zero-order valence-electron chi connectivity index (χ0n) is 17.3. The van der Waals surface area contributed by atoms with Gasteiger partial charge in [-0.05, 0) is 6.42 Å². The number of benzene rings is 1. The highest BCUT2D eigenvalue weighted by atomic mass is 32.2. The average molecular weight is 481 g/mol. The van der Waals surface area contributed by atoms with Crippen LogP contribution in [0.4, 0.5) is 4.79 Å². The molecule has 32 heavy (non-hydrogen) atoms. The van der Waals surface area contributed by atoms with Gasteiger partial charge in [0.1, 0.15) is 16.9 Å². The first-order chi connectivity index (χ1) is 15.3. The normalized spacial score (nSPS) is 11.4. The molecule has 13 heteroatoms. The lowest BCUT2D eigenvalue weighted by atomic mass is 10.1. The smallest absolute Gasteiger partial charge is 0.407 e. The van der Waals surface area contributed by atoms with Crippen LogP contribution in [0.1, 0.15) is 25.3 Å². The average Bonchev–Trinajstić information content (AvgIpc) is 3.25. The number of amidine groups is 1. The van der Waals surface area contributed by atoms with E-state index in [1.807, 2.05) is 6.92 Å². The molecule has 0 saturated carbocycles. The molecule has 2 aromatic rings. The molecule has 172 valence electrons. The molecular weight excluding hydrogens is 456 g/mol. The predicted octanol–water partition coefficient (Wildman–Crippen LogP) is 1.50. The number of nitrogens with zero attached hydrogens (tertiary/aromatic N) is 2. The summed E-state index contributed by atoms with van der Waals surface area (Å²) in [4.78, 5) is 35.7. The molecule has 0 fully saturated rings. The van der Waals surface area contributed by atoms with E-state index in [1.54, 1.807) is 24.3 Å². The van der Waals surface area contributed by atoms with Gasteiger partial charge in [0.25, 0.3) is 0 Å². The zero-order chi connectivity index (χ0) is 23.5. The topological polar surface area (TPSA) is 183 Å². The van der Waals surface area contributed by atoms with Crippen molar-refractivity contribution < 1.29 is 23.9 Å². The van der Waals surface area contributed by atoms with Gasteiger partial charge in [0.2, 0.25) is 0 Å². The molecule has 2 rings (SSSR count). The molecule has 0 aliphatic carbocycles. The maximum Gasteiger partial charge on any atom is 0.407 e. The van der Waals surface area contributed by atoms with Crippen LogP contribution in [0.5, 0.6) is 0 Å². The maximum atomic E-state index is 12.1. The molecule has 1 aromatic carbocycles. The van der Waals surface area contributed by atoms with Crippen LogP contribution in [-0.2, 0) is 19.1 Å². The Morgan fingerprint density at radius 3 is 2.59 bits per heavy atom. The van der Waals surface area contributed by atoms with Gasteiger partial charge >= 0.3 is 18.0 Å². The number of ether oxygens (including phenoxy) is 2. The van der Waals surface area contributed by atoms with Crippen molar-refractivity contribution in [3.05, 3.63) is 29.8 Å². The number of unbranched alkanes of at least 4 members (excludes halogenated alkanes) is 1. The number of amides is 1. The summed E-state index contributed by atoms with van der Waals surface area (Å²) in [5, 5.41) is 18.4. The predicted molar refractivity (Wildman–Crippen MR) is 120 cm³/mol. The van der Waals surface area contributed by atoms with Crippen LogP contribution in [0.25, 0.3) is 10.6 Å². The van der Waals surface area contributed by atoms with Crippen LogP contribution in [0.2, 0.25) is 0 Å². The van der Waals surface area contributed by atoms with Gasteiger partial charge in [-0.15, -0.1) is 10.2 Å². The lowest BCUT2D eigenvalue weighted by Crippen LogP contribution is -2.47. The minimum absolute atomic E-state index is 0.0291. The summed E-state index contributed by atoms with van der Waals surface area (Å²) in [6.07, 6.45) is 0.743. The van der Waals surface area contributed by atoms with E-state index in [1.165, 1.54) is 11.3 Å². The van der Waals surface area contributed by atoms with Gasteiger partial charge in [0.15, 0.2) is 4.34 Å². The number of hydrogen-bond donors (Lipinski definition) is 4. The zero-order valence-corrected chi connectivity index (χ0v) is 19.0. The van der Waals surface area contributed by atoms with E-state index in [9.17, 15) is 14.4 Å². The van der Waals surface area contributed by atoms with E-state index in [0.29, 0.717) is 21.3 Å². The number of nitrogen functional groups attached to an aromatic ring is 1. The Bertz CT molecular complexity index is 950. The lowest BCUT2D eigenvalue weighted by molar-refractivity contribution is -0.159. The molecule has 0 radical (unpaired) electrons. The van der Waals surface area contributed by atoms with Crippen LogP contribution >= 0.6 is 23.1 Å². The summed E-state index contributed by atoms with van der Waals surface area (Å²) in [5.74, 6) is -1.98. The highest BCUT2D eigenvalue weighted by molar-refractivity contribution is 8.01. The first-order valence-electron chi connectivity index (χ1n) is 9.63. The van der Waals surface area contributed by atoms with E-state index in [0.717, 1.165) is 23.7 Å². The molecule has 0 aliphatic heterocycles. The molecule has 1 aromatic heterocycles. The van der Waals surface area contributed by atoms with E-state index >= 15 is 0 Å². The third-order valence-electron chi connectivity index (χ3n) is 3.92. The van der Waals surface area contributed by atoms with Gasteiger partial charge < -0.3 is 26.3 Å². The molecule has 0 saturated heterocycles. The molecule has 6 N–H and O–H groups in total. The van der Waals surface area contributed by atoms with Gasteiger partial charge in [-0.2, -0.15) is 0 Å². The van der Waals surface area contributed by atoms with Crippen LogP contribution in [0.15, 0.2) is 28.6 Å². The Morgan fingerprint density at radius 1 is 1.25 bits per heavy atom. The minimum atomic E-state index is -1.19. The van der Waals surface area contributed by atoms with Gasteiger partial charge in [-0.25, -0.2) is 9.59 Å². The number of nitrogens with two attached hydrogens (primary N) is 2. The Morgan fingerprint density at radius 2 is 1.97 bits per heavy atom. The van der Waals surface area contributed by atoms with Crippen molar-refractivity contribution in [2.75, 3.05) is 18.9 Å². The quantitative estimate of drug-likeness (QED) is 0.0917. The minimum Gasteiger partial charge on any atom is -0.450 e. The number of carbonyl (C=O) groups excluding carboxylic acids is 3. The van der Waals surface area contributed by atoms with Crippen molar-refractivity contribution in [1.29, 1.82) is 5.41 Å². The fourth-order valence-corrected chi connectivity index (χ4v) is 3.85. The van der Waals surface area contributed by atoms with Gasteiger partial charge in [0.05, 0.1) is 12.4 Å². The number of hydrogen-bond acceptors (Lipinski definition) is 11. The van der Waals surface area contributed by atoms with Crippen molar-refractivity contribution in [3.63, 3.8) is 0 Å². The van der Waals surface area contributed by atoms with Crippen molar-refractivity contribution in [2.45, 2.75) is 30.1 Å². The van der Waals surface area contributed by atoms with Gasteiger partial charge in [-0.1, -0.05) is 60.7 Å². The Kier molecular flexibility index (Phi) is 10.0. The molecule has 1 amide bonds. The van der Waals surface area contributed by atoms with E-state index in [-0.39, 0.29) is 24.7 Å². The first kappa shape index (κ1) is 25.2. The van der Waals surface area contributed by atoms with Crippen LogP contribution in [0.3, 0.4) is 0 Å². The van der Waals surface area contributed by atoms with Crippen molar-refractivity contribution in [1.82, 2.24) is 15.5 Å².